The van der Waals surface area contributed by atoms with Crippen LogP contribution >= 0.6 is 15.9 Å². The van der Waals surface area contributed by atoms with Crippen LogP contribution in [0.1, 0.15) is 17.2 Å². The molecule has 2 nitrogen and oxygen atoms in total. The van der Waals surface area contributed by atoms with E-state index in [2.05, 4.69) is 15.9 Å². The number of alkyl halides is 3. The molecule has 15 heavy (non-hydrogen) atoms. The van der Waals surface area contributed by atoms with Gasteiger partial charge >= 0.3 is 6.18 Å². The van der Waals surface area contributed by atoms with Crippen molar-refractivity contribution in [3.8, 4) is 0 Å². The first kappa shape index (κ1) is 12.5. The van der Waals surface area contributed by atoms with E-state index in [1.54, 1.807) is 0 Å². The number of hydrogen-bond donors (Lipinski definition) is 2. The smallest absolute Gasteiger partial charge is 0.393 e. The minimum Gasteiger partial charge on any atom is -0.393 e. The second kappa shape index (κ2) is 4.51. The fourth-order valence-corrected chi connectivity index (χ4v) is 1.54. The normalized spacial score (nSPS) is 14.0. The van der Waals surface area contributed by atoms with Crippen molar-refractivity contribution in [1.29, 1.82) is 0 Å². The lowest BCUT2D eigenvalue weighted by Gasteiger charge is -2.13. The van der Waals surface area contributed by atoms with Crippen molar-refractivity contribution in [3.05, 3.63) is 33.8 Å². The van der Waals surface area contributed by atoms with Gasteiger partial charge in [-0.25, -0.2) is 0 Å². The van der Waals surface area contributed by atoms with E-state index in [-0.39, 0.29) is 10.0 Å². The lowest BCUT2D eigenvalue weighted by molar-refractivity contribution is -0.138. The SMILES string of the molecule is OCC(O)c1ccc(Br)c(C(F)(F)F)c1. The molecule has 0 aromatic heterocycles. The molecule has 0 aliphatic rings. The molecule has 0 radical (unpaired) electrons. The molecule has 1 aromatic carbocycles. The molecule has 0 aliphatic heterocycles. The van der Waals surface area contributed by atoms with E-state index in [1.807, 2.05) is 0 Å². The molecule has 0 amide bonds. The Morgan fingerprint density at radius 1 is 1.33 bits per heavy atom. The molecule has 0 saturated heterocycles. The summed E-state index contributed by atoms with van der Waals surface area (Å²) < 4.78 is 37.2. The van der Waals surface area contributed by atoms with E-state index in [0.717, 1.165) is 6.07 Å². The summed E-state index contributed by atoms with van der Waals surface area (Å²) in [6.45, 7) is -0.612. The Bertz CT molecular complexity index is 352. The maximum atomic E-state index is 12.4. The van der Waals surface area contributed by atoms with E-state index < -0.39 is 24.5 Å². The Kier molecular flexibility index (Phi) is 3.75. The molecule has 0 aliphatic carbocycles. The highest BCUT2D eigenvalue weighted by Crippen LogP contribution is 2.36. The van der Waals surface area contributed by atoms with Crippen LogP contribution in [0.15, 0.2) is 22.7 Å². The van der Waals surface area contributed by atoms with Crippen molar-refractivity contribution in [2.75, 3.05) is 6.61 Å². The van der Waals surface area contributed by atoms with Crippen LogP contribution in [0.5, 0.6) is 0 Å². The molecule has 0 bridgehead atoms. The fraction of sp³-hybridized carbons (Fsp3) is 0.333. The lowest BCUT2D eigenvalue weighted by atomic mass is 10.1. The lowest BCUT2D eigenvalue weighted by Crippen LogP contribution is -2.09. The molecule has 6 heteroatoms. The molecule has 1 aromatic rings. The monoisotopic (exact) mass is 284 g/mol. The number of benzene rings is 1. The van der Waals surface area contributed by atoms with Crippen molar-refractivity contribution < 1.29 is 23.4 Å². The summed E-state index contributed by atoms with van der Waals surface area (Å²) in [6, 6.07) is 3.32. The molecule has 1 atom stereocenters. The Morgan fingerprint density at radius 3 is 2.40 bits per heavy atom. The molecule has 0 fully saturated rings. The van der Waals surface area contributed by atoms with Gasteiger partial charge in [-0.05, 0) is 17.7 Å². The van der Waals surface area contributed by atoms with Gasteiger partial charge in [-0.1, -0.05) is 22.0 Å². The Balaban J connectivity index is 3.17. The zero-order chi connectivity index (χ0) is 11.6. The van der Waals surface area contributed by atoms with Gasteiger partial charge in [0.1, 0.15) is 6.10 Å². The Hall–Kier alpha value is -0.590. The Labute approximate surface area is 92.5 Å². The maximum Gasteiger partial charge on any atom is 0.417 e. The third kappa shape index (κ3) is 2.93. The third-order valence-electron chi connectivity index (χ3n) is 1.85. The van der Waals surface area contributed by atoms with Crippen LogP contribution < -0.4 is 0 Å². The summed E-state index contributed by atoms with van der Waals surface area (Å²) in [5, 5.41) is 17.8. The number of aliphatic hydroxyl groups is 2. The quantitative estimate of drug-likeness (QED) is 0.876. The van der Waals surface area contributed by atoms with Gasteiger partial charge in [-0.2, -0.15) is 13.2 Å². The zero-order valence-electron chi connectivity index (χ0n) is 7.42. The van der Waals surface area contributed by atoms with E-state index in [0.29, 0.717) is 0 Å². The first-order chi connectivity index (χ1) is 6.86. The molecule has 0 saturated carbocycles. The van der Waals surface area contributed by atoms with Crippen molar-refractivity contribution in [1.82, 2.24) is 0 Å². The molecule has 1 rings (SSSR count). The van der Waals surface area contributed by atoms with Crippen LogP contribution in [0.25, 0.3) is 0 Å². The van der Waals surface area contributed by atoms with E-state index in [4.69, 9.17) is 5.11 Å². The van der Waals surface area contributed by atoms with Crippen LogP contribution in [0.3, 0.4) is 0 Å². The highest BCUT2D eigenvalue weighted by Gasteiger charge is 2.33. The van der Waals surface area contributed by atoms with Gasteiger partial charge in [0.05, 0.1) is 12.2 Å². The van der Waals surface area contributed by atoms with Gasteiger partial charge in [-0.15, -0.1) is 0 Å². The summed E-state index contributed by atoms with van der Waals surface area (Å²) in [6.07, 6.45) is -5.77. The van der Waals surface area contributed by atoms with Crippen LogP contribution in [0.4, 0.5) is 13.2 Å². The predicted molar refractivity (Wildman–Crippen MR) is 51.2 cm³/mol. The second-order valence-electron chi connectivity index (χ2n) is 2.94. The molecule has 0 heterocycles. The zero-order valence-corrected chi connectivity index (χ0v) is 9.01. The molecule has 0 spiro atoms. The first-order valence-electron chi connectivity index (χ1n) is 4.02. The van der Waals surface area contributed by atoms with Crippen LogP contribution in [0, 0.1) is 0 Å². The van der Waals surface area contributed by atoms with Crippen molar-refractivity contribution in [2.45, 2.75) is 12.3 Å². The first-order valence-corrected chi connectivity index (χ1v) is 4.81. The number of aliphatic hydroxyl groups excluding tert-OH is 2. The second-order valence-corrected chi connectivity index (χ2v) is 3.79. The van der Waals surface area contributed by atoms with Gasteiger partial charge in [0.25, 0.3) is 0 Å². The summed E-state index contributed by atoms with van der Waals surface area (Å²) in [7, 11) is 0. The van der Waals surface area contributed by atoms with Crippen LogP contribution in [-0.4, -0.2) is 16.8 Å². The highest BCUT2D eigenvalue weighted by molar-refractivity contribution is 9.10. The third-order valence-corrected chi connectivity index (χ3v) is 2.55. The molecule has 84 valence electrons. The summed E-state index contributed by atoms with van der Waals surface area (Å²) in [5.74, 6) is 0. The van der Waals surface area contributed by atoms with Crippen molar-refractivity contribution in [2.24, 2.45) is 0 Å². The van der Waals surface area contributed by atoms with Gasteiger partial charge < -0.3 is 10.2 Å². The summed E-state index contributed by atoms with van der Waals surface area (Å²) in [5.41, 5.74) is -0.833. The number of hydrogen-bond acceptors (Lipinski definition) is 2. The average Bonchev–Trinajstić information content (AvgIpc) is 2.15. The van der Waals surface area contributed by atoms with Gasteiger partial charge in [-0.3, -0.25) is 0 Å². The summed E-state index contributed by atoms with van der Waals surface area (Å²) in [4.78, 5) is 0. The molecular weight excluding hydrogens is 277 g/mol. The predicted octanol–water partition coefficient (Wildman–Crippen LogP) is 2.49. The van der Waals surface area contributed by atoms with E-state index >= 15 is 0 Å². The van der Waals surface area contributed by atoms with E-state index in [9.17, 15) is 18.3 Å². The fourth-order valence-electron chi connectivity index (χ4n) is 1.07. The maximum absolute atomic E-state index is 12.4. The number of rotatable bonds is 2. The molecule has 2 N–H and O–H groups in total. The van der Waals surface area contributed by atoms with E-state index in [1.165, 1.54) is 12.1 Å². The average molecular weight is 285 g/mol. The summed E-state index contributed by atoms with van der Waals surface area (Å²) >= 11 is 2.77. The topological polar surface area (TPSA) is 40.5 Å². The molecule has 1 unspecified atom stereocenters. The van der Waals surface area contributed by atoms with Crippen molar-refractivity contribution in [3.63, 3.8) is 0 Å². The van der Waals surface area contributed by atoms with Gasteiger partial charge in [0, 0.05) is 4.47 Å². The minimum absolute atomic E-state index is 0.0352. The van der Waals surface area contributed by atoms with Crippen LogP contribution in [0.2, 0.25) is 0 Å². The standard InChI is InChI=1S/C9H8BrF3O2/c10-7-2-1-5(8(15)4-14)3-6(7)9(11,12)13/h1-3,8,14-15H,4H2. The van der Waals surface area contributed by atoms with Gasteiger partial charge in [0.15, 0.2) is 0 Å². The largest absolute Gasteiger partial charge is 0.417 e. The van der Waals surface area contributed by atoms with Crippen LogP contribution in [-0.2, 0) is 6.18 Å². The van der Waals surface area contributed by atoms with Gasteiger partial charge in [0.2, 0.25) is 0 Å². The van der Waals surface area contributed by atoms with Crippen molar-refractivity contribution >= 4 is 15.9 Å². The minimum atomic E-state index is -4.48. The molecular formula is C9H8BrF3O2. The number of halogens is 4. The highest BCUT2D eigenvalue weighted by atomic mass is 79.9. The Morgan fingerprint density at radius 2 is 1.93 bits per heavy atom.